The summed E-state index contributed by atoms with van der Waals surface area (Å²) in [4.78, 5) is 21.4. The molecule has 0 radical (unpaired) electrons. The molecule has 6 rings (SSSR count). The second-order valence-electron chi connectivity index (χ2n) is 12.2. The van der Waals surface area contributed by atoms with Crippen molar-refractivity contribution in [3.63, 3.8) is 0 Å². The minimum Gasteiger partial charge on any atom is -0.480 e. The zero-order chi connectivity index (χ0) is 34.4. The van der Waals surface area contributed by atoms with Gasteiger partial charge in [0.05, 0.1) is 16.3 Å². The first-order valence-corrected chi connectivity index (χ1v) is 16.5. The normalized spacial score (nSPS) is 18.6. The quantitative estimate of drug-likeness (QED) is 0.212. The molecule has 2 aliphatic rings. The van der Waals surface area contributed by atoms with Gasteiger partial charge in [-0.05, 0) is 67.0 Å². The molecule has 4 aromatic rings. The van der Waals surface area contributed by atoms with Gasteiger partial charge in [-0.25, -0.2) is 18.2 Å². The number of carboxylic acids is 1. The lowest BCUT2D eigenvalue weighted by molar-refractivity contribution is -0.198. The SMILES string of the molecule is Cc1ccn(-c2cc(-c3ccc(S(N)(=O)=O)cc3)ccc2C(Oc2cc(N3CCC4(CC3)CN[C@H](C(=O)O)C4)nc(N)n2)C(F)(F)F)n1. The van der Waals surface area contributed by atoms with E-state index in [2.05, 4.69) is 20.4 Å². The van der Waals surface area contributed by atoms with Crippen molar-refractivity contribution in [1.29, 1.82) is 0 Å². The van der Waals surface area contributed by atoms with Crippen molar-refractivity contribution in [3.05, 3.63) is 72.1 Å². The highest BCUT2D eigenvalue weighted by Crippen LogP contribution is 2.43. The zero-order valence-electron chi connectivity index (χ0n) is 25.7. The molecule has 0 amide bonds. The zero-order valence-corrected chi connectivity index (χ0v) is 26.5. The molecule has 2 fully saturated rings. The minimum absolute atomic E-state index is 0.0758. The number of carboxylic acid groups (broad SMARTS) is 1. The number of nitrogens with zero attached hydrogens (tertiary/aromatic N) is 5. The van der Waals surface area contributed by atoms with Gasteiger partial charge in [-0.3, -0.25) is 4.79 Å². The summed E-state index contributed by atoms with van der Waals surface area (Å²) in [6.07, 6.45) is -4.03. The van der Waals surface area contributed by atoms with E-state index in [9.17, 15) is 31.5 Å². The third-order valence-corrected chi connectivity index (χ3v) is 9.78. The summed E-state index contributed by atoms with van der Waals surface area (Å²) < 4.78 is 74.8. The van der Waals surface area contributed by atoms with Gasteiger partial charge in [0.25, 0.3) is 0 Å². The van der Waals surface area contributed by atoms with Crippen molar-refractivity contribution < 1.29 is 36.2 Å². The van der Waals surface area contributed by atoms with Gasteiger partial charge in [-0.1, -0.05) is 24.3 Å². The van der Waals surface area contributed by atoms with Gasteiger partial charge in [0.1, 0.15) is 11.9 Å². The van der Waals surface area contributed by atoms with E-state index in [0.29, 0.717) is 61.5 Å². The number of primary sulfonamides is 1. The maximum absolute atomic E-state index is 14.8. The predicted octanol–water partition coefficient (Wildman–Crippen LogP) is 3.58. The summed E-state index contributed by atoms with van der Waals surface area (Å²) in [7, 11) is -3.94. The Kier molecular flexibility index (Phi) is 8.55. The Labute approximate surface area is 273 Å². The highest BCUT2D eigenvalue weighted by Gasteiger charge is 2.46. The molecule has 4 heterocycles. The van der Waals surface area contributed by atoms with Crippen LogP contribution in [-0.2, 0) is 14.8 Å². The predicted molar refractivity (Wildman–Crippen MR) is 169 cm³/mol. The number of benzene rings is 2. The first kappa shape index (κ1) is 33.2. The van der Waals surface area contributed by atoms with E-state index in [4.69, 9.17) is 15.6 Å². The minimum atomic E-state index is -4.90. The molecular formula is C31H33F3N8O5S. The van der Waals surface area contributed by atoms with Crippen molar-refractivity contribution in [3.8, 4) is 22.7 Å². The number of hydrogen-bond donors (Lipinski definition) is 4. The maximum atomic E-state index is 14.8. The van der Waals surface area contributed by atoms with Crippen LogP contribution >= 0.6 is 0 Å². The van der Waals surface area contributed by atoms with Crippen LogP contribution in [0.25, 0.3) is 16.8 Å². The number of hydrogen-bond acceptors (Lipinski definition) is 10. The number of nitrogens with two attached hydrogens (primary N) is 2. The van der Waals surface area contributed by atoms with Crippen molar-refractivity contribution >= 4 is 27.8 Å². The summed E-state index contributed by atoms with van der Waals surface area (Å²) in [6.45, 7) is 3.26. The number of aryl methyl sites for hydroxylation is 1. The molecule has 2 aromatic heterocycles. The van der Waals surface area contributed by atoms with Crippen LogP contribution < -0.4 is 25.8 Å². The van der Waals surface area contributed by atoms with Gasteiger partial charge in [0.2, 0.25) is 28.0 Å². The van der Waals surface area contributed by atoms with Crippen LogP contribution in [0.3, 0.4) is 0 Å². The molecule has 2 aliphatic heterocycles. The fourth-order valence-electron chi connectivity index (χ4n) is 6.29. The number of ether oxygens (including phenoxy) is 1. The first-order valence-electron chi connectivity index (χ1n) is 15.0. The molecule has 1 unspecified atom stereocenters. The van der Waals surface area contributed by atoms with Crippen molar-refractivity contribution in [2.24, 2.45) is 10.6 Å². The van der Waals surface area contributed by atoms with Gasteiger partial charge < -0.3 is 25.8 Å². The number of sulfonamides is 1. The van der Waals surface area contributed by atoms with E-state index in [1.807, 2.05) is 4.90 Å². The van der Waals surface area contributed by atoms with Crippen LogP contribution in [0.5, 0.6) is 5.88 Å². The first-order chi connectivity index (χ1) is 22.6. The molecule has 17 heteroatoms. The molecule has 2 saturated heterocycles. The smallest absolute Gasteiger partial charge is 0.429 e. The molecular weight excluding hydrogens is 653 g/mol. The molecule has 48 heavy (non-hydrogen) atoms. The maximum Gasteiger partial charge on any atom is 0.429 e. The van der Waals surface area contributed by atoms with Gasteiger partial charge in [-0.15, -0.1) is 0 Å². The van der Waals surface area contributed by atoms with Crippen molar-refractivity contribution in [2.45, 2.75) is 49.4 Å². The molecule has 13 nitrogen and oxygen atoms in total. The fourth-order valence-corrected chi connectivity index (χ4v) is 6.81. The van der Waals surface area contributed by atoms with Crippen LogP contribution in [0.4, 0.5) is 24.9 Å². The number of aliphatic carboxylic acids is 1. The number of alkyl halides is 3. The number of piperidine rings is 1. The Bertz CT molecular complexity index is 1940. The fraction of sp³-hybridized carbons (Fsp3) is 0.355. The molecule has 0 aliphatic carbocycles. The molecule has 254 valence electrons. The number of anilines is 2. The topological polar surface area (TPSA) is 192 Å². The second kappa shape index (κ2) is 12.4. The number of nitrogens with one attached hydrogen (secondary N) is 1. The standard InChI is InChI=1S/C31H33F3N8O5S/c1-18-8-11-42(40-18)24-14-20(19-2-5-21(6-3-19)48(36,45)46)4-7-22(24)27(31(32,33)34)47-26-15-25(38-29(35)39-26)41-12-9-30(10-13-41)16-23(28(43)44)37-17-30/h2-8,11,14-15,23,27,37H,9-10,12-13,16-17H2,1H3,(H,43,44)(H2,35,38,39)(H2,36,45,46)/t23-,27?/m0/s1. The molecule has 1 spiro atoms. The average Bonchev–Trinajstić information content (AvgIpc) is 3.65. The number of halogens is 3. The van der Waals surface area contributed by atoms with Crippen LogP contribution in [0.15, 0.2) is 65.7 Å². The summed E-state index contributed by atoms with van der Waals surface area (Å²) in [5, 5.41) is 22.0. The number of aromatic nitrogens is 4. The Hall–Kier alpha value is -4.74. The molecule has 6 N–H and O–H groups in total. The van der Waals surface area contributed by atoms with Gasteiger partial charge >= 0.3 is 12.1 Å². The third-order valence-electron chi connectivity index (χ3n) is 8.85. The van der Waals surface area contributed by atoms with E-state index in [-0.39, 0.29) is 33.4 Å². The molecule has 0 bridgehead atoms. The van der Waals surface area contributed by atoms with Gasteiger partial charge in [0.15, 0.2) is 0 Å². The van der Waals surface area contributed by atoms with E-state index >= 15 is 0 Å². The van der Waals surface area contributed by atoms with E-state index in [0.717, 1.165) is 0 Å². The van der Waals surface area contributed by atoms with Crippen LogP contribution in [0.1, 0.15) is 36.6 Å². The van der Waals surface area contributed by atoms with Crippen LogP contribution in [0.2, 0.25) is 0 Å². The van der Waals surface area contributed by atoms with Crippen LogP contribution in [-0.4, -0.2) is 71.1 Å². The second-order valence-corrected chi connectivity index (χ2v) is 13.7. The highest BCUT2D eigenvalue weighted by molar-refractivity contribution is 7.89. The van der Waals surface area contributed by atoms with Crippen molar-refractivity contribution in [2.75, 3.05) is 30.3 Å². The Morgan fingerprint density at radius 3 is 2.35 bits per heavy atom. The van der Waals surface area contributed by atoms with E-state index in [1.54, 1.807) is 13.0 Å². The number of carbonyl (C=O) groups is 1. The molecule has 2 aromatic carbocycles. The Morgan fingerprint density at radius 1 is 1.08 bits per heavy atom. The number of nitrogen functional groups attached to an aromatic ring is 1. The summed E-state index contributed by atoms with van der Waals surface area (Å²) >= 11 is 0. The lowest BCUT2D eigenvalue weighted by atomic mass is 9.76. The van der Waals surface area contributed by atoms with E-state index in [1.165, 1.54) is 59.4 Å². The Balaban J connectivity index is 1.31. The lowest BCUT2D eigenvalue weighted by Crippen LogP contribution is -2.41. The molecule has 2 atom stereocenters. The van der Waals surface area contributed by atoms with Crippen molar-refractivity contribution in [1.82, 2.24) is 25.1 Å². The average molecular weight is 687 g/mol. The lowest BCUT2D eigenvalue weighted by Gasteiger charge is -2.39. The summed E-state index contributed by atoms with van der Waals surface area (Å²) in [6, 6.07) is 12.3. The van der Waals surface area contributed by atoms with Gasteiger partial charge in [-0.2, -0.15) is 28.2 Å². The number of rotatable bonds is 8. The largest absolute Gasteiger partial charge is 0.480 e. The molecule has 0 saturated carbocycles. The summed E-state index contributed by atoms with van der Waals surface area (Å²) in [5.74, 6) is -1.23. The summed E-state index contributed by atoms with van der Waals surface area (Å²) in [5.41, 5.74) is 7.19. The highest BCUT2D eigenvalue weighted by atomic mass is 32.2. The van der Waals surface area contributed by atoms with E-state index < -0.39 is 34.3 Å². The Morgan fingerprint density at radius 2 is 1.77 bits per heavy atom. The monoisotopic (exact) mass is 686 g/mol. The van der Waals surface area contributed by atoms with Crippen LogP contribution in [0, 0.1) is 12.3 Å². The van der Waals surface area contributed by atoms with Gasteiger partial charge in [0, 0.05) is 37.5 Å². The third kappa shape index (κ3) is 6.93.